The zero-order valence-electron chi connectivity index (χ0n) is 35.3. The van der Waals surface area contributed by atoms with E-state index in [2.05, 4.69) is 54.8 Å². The zero-order chi connectivity index (χ0) is 43.7. The molecule has 0 spiro atoms. The van der Waals surface area contributed by atoms with Gasteiger partial charge in [-0.25, -0.2) is 4.57 Å². The summed E-state index contributed by atoms with van der Waals surface area (Å²) in [5.41, 5.74) is 5.32. The van der Waals surface area contributed by atoms with Crippen LogP contribution in [0.4, 0.5) is 0 Å². The third-order valence-electron chi connectivity index (χ3n) is 9.62. The van der Waals surface area contributed by atoms with Gasteiger partial charge in [0.2, 0.25) is 0 Å². The molecule has 1 fully saturated rings. The molecule has 59 heavy (non-hydrogen) atoms. The number of phosphoric acid groups is 1. The fraction of sp³-hybridized carbons (Fsp3) is 0.682. The zero-order valence-corrected chi connectivity index (χ0v) is 36.2. The van der Waals surface area contributed by atoms with Crippen molar-refractivity contribution in [1.29, 1.82) is 0 Å². The van der Waals surface area contributed by atoms with Crippen molar-refractivity contribution >= 4 is 31.5 Å². The van der Waals surface area contributed by atoms with E-state index in [4.69, 9.17) is 24.8 Å². The summed E-state index contributed by atoms with van der Waals surface area (Å²) in [6.07, 6.45) is 30.9. The molecule has 0 aliphatic heterocycles. The van der Waals surface area contributed by atoms with E-state index in [1.807, 2.05) is 12.2 Å². The van der Waals surface area contributed by atoms with Gasteiger partial charge in [0, 0.05) is 31.1 Å². The Hall–Kier alpha value is -3.23. The van der Waals surface area contributed by atoms with Gasteiger partial charge in [-0.3, -0.25) is 28.2 Å². The fourth-order valence-electron chi connectivity index (χ4n) is 6.18. The molecule has 1 aliphatic rings. The number of hydrogen-bond acceptors (Lipinski definition) is 12. The lowest BCUT2D eigenvalue weighted by molar-refractivity contribution is -0.161. The van der Waals surface area contributed by atoms with Gasteiger partial charge in [-0.2, -0.15) is 0 Å². The molecule has 336 valence electrons. The van der Waals surface area contributed by atoms with E-state index < -0.39 is 75.8 Å². The van der Waals surface area contributed by atoms with Gasteiger partial charge in [0.05, 0.1) is 25.4 Å². The third kappa shape index (κ3) is 28.0. The summed E-state index contributed by atoms with van der Waals surface area (Å²) < 4.78 is 32.6. The number of Topliss-reactive ketones (excluding diaryl/α,β-unsaturated/α-hetero) is 1. The van der Waals surface area contributed by atoms with Gasteiger partial charge < -0.3 is 35.4 Å². The van der Waals surface area contributed by atoms with Crippen molar-refractivity contribution in [2.24, 2.45) is 17.6 Å². The van der Waals surface area contributed by atoms with Crippen molar-refractivity contribution in [2.75, 3.05) is 19.8 Å². The van der Waals surface area contributed by atoms with Gasteiger partial charge in [-0.15, -0.1) is 0 Å². The van der Waals surface area contributed by atoms with Crippen LogP contribution in [0, 0.1) is 11.8 Å². The first-order valence-corrected chi connectivity index (χ1v) is 22.9. The van der Waals surface area contributed by atoms with Crippen LogP contribution in [0.1, 0.15) is 136 Å². The molecule has 0 aromatic carbocycles. The summed E-state index contributed by atoms with van der Waals surface area (Å²) in [4.78, 5) is 58.7. The lowest BCUT2D eigenvalue weighted by Gasteiger charge is -2.20. The number of allylic oxidation sites excluding steroid dienone is 8. The van der Waals surface area contributed by atoms with Crippen molar-refractivity contribution in [3.05, 3.63) is 60.8 Å². The van der Waals surface area contributed by atoms with E-state index in [1.165, 1.54) is 0 Å². The second-order valence-corrected chi connectivity index (χ2v) is 16.3. The van der Waals surface area contributed by atoms with Crippen LogP contribution in [0.15, 0.2) is 60.8 Å². The van der Waals surface area contributed by atoms with Crippen molar-refractivity contribution < 1.29 is 62.5 Å². The van der Waals surface area contributed by atoms with Gasteiger partial charge in [0.25, 0.3) is 0 Å². The maximum atomic E-state index is 12.6. The first-order chi connectivity index (χ1) is 28.3. The first-order valence-electron chi connectivity index (χ1n) is 21.4. The molecule has 0 aromatic rings. The Labute approximate surface area is 351 Å². The Kier molecular flexibility index (Phi) is 30.5. The molecule has 0 amide bonds. The minimum Gasteiger partial charge on any atom is -0.480 e. The topological polar surface area (TPSA) is 229 Å². The highest BCUT2D eigenvalue weighted by atomic mass is 31.2. The van der Waals surface area contributed by atoms with Crippen LogP contribution >= 0.6 is 7.82 Å². The second-order valence-electron chi connectivity index (χ2n) is 14.9. The molecule has 1 unspecified atom stereocenters. The smallest absolute Gasteiger partial charge is 0.472 e. The molecule has 1 rings (SSSR count). The number of ether oxygens (including phenoxy) is 2. The monoisotopic (exact) mass is 853 g/mol. The van der Waals surface area contributed by atoms with Crippen molar-refractivity contribution in [1.82, 2.24) is 0 Å². The number of carboxylic acid groups (broad SMARTS) is 1. The summed E-state index contributed by atoms with van der Waals surface area (Å²) in [6, 6.07) is -1.57. The van der Waals surface area contributed by atoms with Crippen LogP contribution in [0.5, 0.6) is 0 Å². The van der Waals surface area contributed by atoms with Gasteiger partial charge in [0.1, 0.15) is 18.4 Å². The van der Waals surface area contributed by atoms with E-state index in [0.29, 0.717) is 32.1 Å². The summed E-state index contributed by atoms with van der Waals surface area (Å²) in [7, 11) is -4.79. The highest BCUT2D eigenvalue weighted by molar-refractivity contribution is 7.47. The maximum Gasteiger partial charge on any atom is 0.472 e. The van der Waals surface area contributed by atoms with Crippen LogP contribution in [0.25, 0.3) is 0 Å². The Morgan fingerprint density at radius 1 is 0.814 bits per heavy atom. The molecule has 15 heteroatoms. The quantitative estimate of drug-likeness (QED) is 0.0178. The standard InChI is InChI=1S/C44H72NO13P/c1-3-5-7-8-9-10-11-12-13-14-15-16-17-18-24-28-43(50)58-36(33-56-59(53,54)57-34-39(45)44(51)52)32-55-42(49)27-23-20-19-22-26-37-38(41(48)31-40(37)47)30-29-35(46)25-21-6-4-2/h5,7,9-10,12-13,19,22,29-30,35-39,41,46,48H,3-4,6,8,11,14-18,20-21,23-28,31-34,45H2,1-2H3,(H,51,52)(H,53,54)/b7-5-,10-9-,13-12-,22-19-,30-29+/t35-,36+,37+,38+,39-,41+/m0/s1. The largest absolute Gasteiger partial charge is 0.480 e. The average Bonchev–Trinajstić information content (AvgIpc) is 3.47. The number of aliphatic carboxylic acids is 1. The number of ketones is 1. The van der Waals surface area contributed by atoms with Crippen molar-refractivity contribution in [3.8, 4) is 0 Å². The molecule has 0 aromatic heterocycles. The minimum atomic E-state index is -4.79. The maximum absolute atomic E-state index is 12.6. The number of aliphatic hydroxyl groups excluding tert-OH is 2. The Balaban J connectivity index is 2.53. The Morgan fingerprint density at radius 2 is 1.44 bits per heavy atom. The normalized spacial score (nSPS) is 20.0. The predicted molar refractivity (Wildman–Crippen MR) is 227 cm³/mol. The third-order valence-corrected chi connectivity index (χ3v) is 10.6. The van der Waals surface area contributed by atoms with Gasteiger partial charge in [-0.1, -0.05) is 113 Å². The molecule has 14 nitrogen and oxygen atoms in total. The molecular formula is C44H72NO13P. The number of nitrogens with two attached hydrogens (primary N) is 1. The number of phosphoric ester groups is 1. The number of unbranched alkanes of at least 4 members (excludes halogenated alkanes) is 8. The number of aliphatic hydroxyl groups is 2. The van der Waals surface area contributed by atoms with Gasteiger partial charge in [0.15, 0.2) is 6.10 Å². The fourth-order valence-corrected chi connectivity index (χ4v) is 6.95. The van der Waals surface area contributed by atoms with Crippen LogP contribution < -0.4 is 5.73 Å². The summed E-state index contributed by atoms with van der Waals surface area (Å²) >= 11 is 0. The van der Waals surface area contributed by atoms with E-state index in [0.717, 1.165) is 70.6 Å². The van der Waals surface area contributed by atoms with E-state index >= 15 is 0 Å². The van der Waals surface area contributed by atoms with E-state index in [1.54, 1.807) is 12.2 Å². The molecular weight excluding hydrogens is 781 g/mol. The second kappa shape index (κ2) is 33.5. The van der Waals surface area contributed by atoms with E-state index in [-0.39, 0.29) is 31.0 Å². The molecule has 0 saturated heterocycles. The van der Waals surface area contributed by atoms with Crippen LogP contribution in [-0.2, 0) is 42.3 Å². The molecule has 0 radical (unpaired) electrons. The van der Waals surface area contributed by atoms with Crippen LogP contribution in [-0.4, -0.2) is 88.1 Å². The molecule has 1 saturated carbocycles. The van der Waals surface area contributed by atoms with Crippen molar-refractivity contribution in [3.63, 3.8) is 0 Å². The highest BCUT2D eigenvalue weighted by Gasteiger charge is 2.39. The summed E-state index contributed by atoms with van der Waals surface area (Å²) in [5.74, 6) is -3.44. The predicted octanol–water partition coefficient (Wildman–Crippen LogP) is 7.76. The number of rotatable bonds is 35. The molecule has 0 heterocycles. The number of carbonyl (C=O) groups is 4. The Bertz CT molecular complexity index is 1390. The molecule has 1 aliphatic carbocycles. The summed E-state index contributed by atoms with van der Waals surface area (Å²) in [6.45, 7) is 2.27. The number of hydrogen-bond donors (Lipinski definition) is 5. The van der Waals surface area contributed by atoms with Crippen molar-refractivity contribution in [2.45, 2.75) is 160 Å². The molecule has 6 N–H and O–H groups in total. The van der Waals surface area contributed by atoms with Gasteiger partial charge >= 0.3 is 25.7 Å². The average molecular weight is 854 g/mol. The minimum absolute atomic E-state index is 0.0205. The molecule has 7 atom stereocenters. The number of esters is 2. The lowest BCUT2D eigenvalue weighted by atomic mass is 9.90. The lowest BCUT2D eigenvalue weighted by Crippen LogP contribution is -2.34. The summed E-state index contributed by atoms with van der Waals surface area (Å²) in [5, 5.41) is 29.6. The van der Waals surface area contributed by atoms with E-state index in [9.17, 15) is 38.8 Å². The van der Waals surface area contributed by atoms with Crippen LogP contribution in [0.3, 0.4) is 0 Å². The number of carboxylic acids is 1. The Morgan fingerprint density at radius 3 is 2.15 bits per heavy atom. The number of carbonyl (C=O) groups excluding carboxylic acids is 3. The SMILES string of the molecule is CC/C=C\C/C=C\C/C=C\CCCCCCCC(=O)O[C@H](COC(=O)CCC/C=C\C[C@H]1C(=O)C[C@@H](O)[C@@H]1/C=C/[C@@H](O)CCCCC)COP(=O)(O)OC[C@H](N)C(=O)O. The first kappa shape index (κ1) is 53.8. The highest BCUT2D eigenvalue weighted by Crippen LogP contribution is 2.43. The van der Waals surface area contributed by atoms with Gasteiger partial charge in [-0.05, 0) is 64.2 Å². The molecule has 0 bridgehead atoms. The van der Waals surface area contributed by atoms with Crippen LogP contribution in [0.2, 0.25) is 0 Å².